The number of para-hydroxylation sites is 1. The number of aromatic nitrogens is 3. The second-order valence-electron chi connectivity index (χ2n) is 8.29. The number of carbonyl (C=O) groups is 1. The highest BCUT2D eigenvalue weighted by Crippen LogP contribution is 2.28. The van der Waals surface area contributed by atoms with Crippen molar-refractivity contribution in [1.29, 1.82) is 0 Å². The SMILES string of the molecule is Cc1cc(N2CCC(C(=O)Nc3ccccc3F)CC2)n2nc(-c3ccc(Cl)cc3)cc2n1. The van der Waals surface area contributed by atoms with Crippen LogP contribution in [0.1, 0.15) is 18.5 Å². The van der Waals surface area contributed by atoms with Gasteiger partial charge in [0.2, 0.25) is 5.91 Å². The number of hydrogen-bond donors (Lipinski definition) is 1. The number of nitrogens with one attached hydrogen (secondary N) is 1. The highest BCUT2D eigenvalue weighted by molar-refractivity contribution is 6.30. The molecule has 4 aromatic rings. The Labute approximate surface area is 196 Å². The summed E-state index contributed by atoms with van der Waals surface area (Å²) in [5.74, 6) is 0.222. The number of hydrogen-bond acceptors (Lipinski definition) is 4. The molecule has 2 aromatic heterocycles. The van der Waals surface area contributed by atoms with Crippen molar-refractivity contribution >= 4 is 34.7 Å². The van der Waals surface area contributed by atoms with Crippen molar-refractivity contribution in [3.8, 4) is 11.3 Å². The molecule has 0 aliphatic carbocycles. The fourth-order valence-corrected chi connectivity index (χ4v) is 4.36. The van der Waals surface area contributed by atoms with E-state index in [9.17, 15) is 9.18 Å². The molecule has 0 atom stereocenters. The largest absolute Gasteiger partial charge is 0.356 e. The van der Waals surface area contributed by atoms with Gasteiger partial charge in [-0.1, -0.05) is 35.9 Å². The Bertz CT molecular complexity index is 1310. The number of benzene rings is 2. The van der Waals surface area contributed by atoms with Gasteiger partial charge >= 0.3 is 0 Å². The number of piperidine rings is 1. The Morgan fingerprint density at radius 3 is 2.55 bits per heavy atom. The lowest BCUT2D eigenvalue weighted by molar-refractivity contribution is -0.120. The van der Waals surface area contributed by atoms with E-state index < -0.39 is 5.82 Å². The summed E-state index contributed by atoms with van der Waals surface area (Å²) in [6, 6.07) is 17.8. The number of anilines is 2. The standard InChI is InChI=1S/C25H23ClFN5O/c1-16-14-24(32-23(28-16)15-22(30-32)17-6-8-19(26)9-7-17)31-12-10-18(11-13-31)25(33)29-21-5-3-2-4-20(21)27/h2-9,14-15,18H,10-13H2,1H3,(H,29,33). The molecule has 0 spiro atoms. The van der Waals surface area contributed by atoms with Crippen molar-refractivity contribution in [2.75, 3.05) is 23.3 Å². The smallest absolute Gasteiger partial charge is 0.227 e. The lowest BCUT2D eigenvalue weighted by atomic mass is 9.95. The average Bonchev–Trinajstić information content (AvgIpc) is 3.24. The van der Waals surface area contributed by atoms with E-state index in [1.165, 1.54) is 6.07 Å². The Morgan fingerprint density at radius 1 is 1.09 bits per heavy atom. The third kappa shape index (κ3) is 4.41. The van der Waals surface area contributed by atoms with Gasteiger partial charge < -0.3 is 10.2 Å². The molecule has 168 valence electrons. The molecule has 1 aliphatic heterocycles. The molecule has 33 heavy (non-hydrogen) atoms. The van der Waals surface area contributed by atoms with E-state index in [0.29, 0.717) is 31.0 Å². The number of rotatable bonds is 4. The zero-order valence-electron chi connectivity index (χ0n) is 18.1. The van der Waals surface area contributed by atoms with Crippen LogP contribution >= 0.6 is 11.6 Å². The van der Waals surface area contributed by atoms with Gasteiger partial charge in [-0.2, -0.15) is 9.61 Å². The summed E-state index contributed by atoms with van der Waals surface area (Å²) >= 11 is 6.02. The first-order chi connectivity index (χ1) is 16.0. The molecule has 5 rings (SSSR count). The molecule has 2 aromatic carbocycles. The number of carbonyl (C=O) groups excluding carboxylic acids is 1. The first-order valence-corrected chi connectivity index (χ1v) is 11.3. The molecule has 1 aliphatic rings. The molecular formula is C25H23ClFN5O. The Hall–Kier alpha value is -3.45. The van der Waals surface area contributed by atoms with Crippen LogP contribution in [-0.2, 0) is 4.79 Å². The number of amides is 1. The lowest BCUT2D eigenvalue weighted by Crippen LogP contribution is -2.39. The minimum Gasteiger partial charge on any atom is -0.356 e. The average molecular weight is 464 g/mol. The molecule has 6 nitrogen and oxygen atoms in total. The topological polar surface area (TPSA) is 62.5 Å². The summed E-state index contributed by atoms with van der Waals surface area (Å²) < 4.78 is 15.7. The predicted octanol–water partition coefficient (Wildman–Crippen LogP) is 5.35. The summed E-state index contributed by atoms with van der Waals surface area (Å²) in [6.07, 6.45) is 1.35. The maximum atomic E-state index is 13.9. The first-order valence-electron chi connectivity index (χ1n) is 10.9. The van der Waals surface area contributed by atoms with Gasteiger partial charge in [-0.3, -0.25) is 4.79 Å². The Morgan fingerprint density at radius 2 is 1.82 bits per heavy atom. The normalized spacial score (nSPS) is 14.6. The molecule has 8 heteroatoms. The van der Waals surface area contributed by atoms with Crippen LogP contribution in [0.4, 0.5) is 15.9 Å². The second kappa shape index (κ2) is 8.83. The van der Waals surface area contributed by atoms with E-state index in [0.717, 1.165) is 28.4 Å². The first kappa shape index (κ1) is 21.4. The van der Waals surface area contributed by atoms with Crippen LogP contribution in [0.15, 0.2) is 60.7 Å². The van der Waals surface area contributed by atoms with Crippen molar-refractivity contribution in [3.63, 3.8) is 0 Å². The monoisotopic (exact) mass is 463 g/mol. The molecule has 0 radical (unpaired) electrons. The van der Waals surface area contributed by atoms with Crippen molar-refractivity contribution in [3.05, 3.63) is 77.2 Å². The minimum absolute atomic E-state index is 0.139. The molecule has 1 amide bonds. The Balaban J connectivity index is 1.34. The van der Waals surface area contributed by atoms with E-state index in [1.54, 1.807) is 18.2 Å². The predicted molar refractivity (Wildman–Crippen MR) is 128 cm³/mol. The summed E-state index contributed by atoms with van der Waals surface area (Å²) in [7, 11) is 0. The molecule has 0 bridgehead atoms. The summed E-state index contributed by atoms with van der Waals surface area (Å²) in [5, 5.41) is 8.21. The quantitative estimate of drug-likeness (QED) is 0.443. The molecule has 3 heterocycles. The molecule has 1 saturated heterocycles. The minimum atomic E-state index is -0.423. The van der Waals surface area contributed by atoms with Gasteiger partial charge in [0.15, 0.2) is 5.65 Å². The van der Waals surface area contributed by atoms with Gasteiger partial charge in [0.1, 0.15) is 11.6 Å². The summed E-state index contributed by atoms with van der Waals surface area (Å²) in [5.41, 5.74) is 3.69. The summed E-state index contributed by atoms with van der Waals surface area (Å²) in [4.78, 5) is 19.6. The third-order valence-corrected chi connectivity index (χ3v) is 6.25. The fraction of sp³-hybridized carbons (Fsp3) is 0.240. The van der Waals surface area contributed by atoms with Crippen LogP contribution in [0, 0.1) is 18.7 Å². The van der Waals surface area contributed by atoms with Gasteiger partial charge in [-0.15, -0.1) is 0 Å². The van der Waals surface area contributed by atoms with Crippen LogP contribution in [0.5, 0.6) is 0 Å². The maximum Gasteiger partial charge on any atom is 0.227 e. The number of aryl methyl sites for hydroxylation is 1. The van der Waals surface area contributed by atoms with Crippen molar-refractivity contribution in [2.24, 2.45) is 5.92 Å². The van der Waals surface area contributed by atoms with Crippen molar-refractivity contribution in [1.82, 2.24) is 14.6 Å². The molecule has 1 N–H and O–H groups in total. The van der Waals surface area contributed by atoms with Crippen LogP contribution in [0.25, 0.3) is 16.9 Å². The van der Waals surface area contributed by atoms with E-state index >= 15 is 0 Å². The number of nitrogens with zero attached hydrogens (tertiary/aromatic N) is 4. The van der Waals surface area contributed by atoms with Crippen molar-refractivity contribution in [2.45, 2.75) is 19.8 Å². The van der Waals surface area contributed by atoms with E-state index in [-0.39, 0.29) is 17.5 Å². The molecule has 0 unspecified atom stereocenters. The van der Waals surface area contributed by atoms with Gasteiger partial charge in [0, 0.05) is 47.4 Å². The van der Waals surface area contributed by atoms with Gasteiger partial charge in [0.05, 0.1) is 11.4 Å². The van der Waals surface area contributed by atoms with E-state index in [1.807, 2.05) is 47.8 Å². The zero-order chi connectivity index (χ0) is 22.9. The van der Waals surface area contributed by atoms with Crippen LogP contribution in [0.2, 0.25) is 5.02 Å². The lowest BCUT2D eigenvalue weighted by Gasteiger charge is -2.33. The maximum absolute atomic E-state index is 13.9. The van der Waals surface area contributed by atoms with E-state index in [2.05, 4.69) is 15.2 Å². The van der Waals surface area contributed by atoms with Gasteiger partial charge in [-0.25, -0.2) is 9.37 Å². The fourth-order valence-electron chi connectivity index (χ4n) is 4.24. The van der Waals surface area contributed by atoms with Gasteiger partial charge in [-0.05, 0) is 44.0 Å². The summed E-state index contributed by atoms with van der Waals surface area (Å²) in [6.45, 7) is 3.36. The van der Waals surface area contributed by atoms with Crippen LogP contribution in [0.3, 0.4) is 0 Å². The Kier molecular flexibility index (Phi) is 5.72. The number of halogens is 2. The molecule has 1 fully saturated rings. The highest BCUT2D eigenvalue weighted by atomic mass is 35.5. The van der Waals surface area contributed by atoms with E-state index in [4.69, 9.17) is 16.7 Å². The second-order valence-corrected chi connectivity index (χ2v) is 8.73. The molecule has 0 saturated carbocycles. The third-order valence-electron chi connectivity index (χ3n) is 6.00. The van der Waals surface area contributed by atoms with Crippen LogP contribution < -0.4 is 10.2 Å². The van der Waals surface area contributed by atoms with Gasteiger partial charge in [0.25, 0.3) is 0 Å². The zero-order valence-corrected chi connectivity index (χ0v) is 18.9. The van der Waals surface area contributed by atoms with Crippen LogP contribution in [-0.4, -0.2) is 33.6 Å². The molecular weight excluding hydrogens is 441 g/mol. The number of fused-ring (bicyclic) bond motifs is 1. The highest BCUT2D eigenvalue weighted by Gasteiger charge is 2.27. The van der Waals surface area contributed by atoms with Crippen molar-refractivity contribution < 1.29 is 9.18 Å².